The van der Waals surface area contributed by atoms with Crippen LogP contribution in [0.15, 0.2) is 84.9 Å². The molecule has 4 bridgehead atoms. The van der Waals surface area contributed by atoms with E-state index in [-0.39, 0.29) is 52.1 Å². The van der Waals surface area contributed by atoms with E-state index in [1.165, 1.54) is 24.4 Å². The number of benzene rings is 4. The van der Waals surface area contributed by atoms with Crippen LogP contribution in [-0.2, 0) is 32.0 Å². The van der Waals surface area contributed by atoms with E-state index < -0.39 is 53.7 Å². The number of carbonyl (C=O) groups is 5. The van der Waals surface area contributed by atoms with Gasteiger partial charge in [-0.3, -0.25) is 24.0 Å². The maximum Gasteiger partial charge on any atom is 0.251 e. The number of nitriles is 1. The second-order valence-corrected chi connectivity index (χ2v) is 16.9. The summed E-state index contributed by atoms with van der Waals surface area (Å²) in [5.74, 6) is -2.01. The summed E-state index contributed by atoms with van der Waals surface area (Å²) in [4.78, 5) is 72.3. The highest BCUT2D eigenvalue weighted by atomic mass is 16.5. The van der Waals surface area contributed by atoms with Crippen LogP contribution in [-0.4, -0.2) is 99.0 Å². The van der Waals surface area contributed by atoms with Crippen LogP contribution >= 0.6 is 0 Å². The Morgan fingerprint density at radius 3 is 2.09 bits per heavy atom. The molecule has 5 rings (SSSR count). The van der Waals surface area contributed by atoms with Gasteiger partial charge in [0.25, 0.3) is 5.91 Å². The maximum absolute atomic E-state index is 14.9. The van der Waals surface area contributed by atoms with Gasteiger partial charge in [-0.15, -0.1) is 0 Å². The maximum atomic E-state index is 14.9. The summed E-state index contributed by atoms with van der Waals surface area (Å²) in [5, 5.41) is 20.3. The molecule has 0 radical (unpaired) electrons. The Morgan fingerprint density at radius 2 is 1.46 bits per heavy atom. The van der Waals surface area contributed by atoms with Gasteiger partial charge in [0.05, 0.1) is 6.07 Å². The molecule has 0 saturated heterocycles. The quantitative estimate of drug-likeness (QED) is 0.0543. The minimum absolute atomic E-state index is 0.0631. The van der Waals surface area contributed by atoms with Gasteiger partial charge < -0.3 is 52.8 Å². The van der Waals surface area contributed by atoms with E-state index in [0.29, 0.717) is 65.1 Å². The van der Waals surface area contributed by atoms with E-state index in [2.05, 4.69) is 58.5 Å². The first-order chi connectivity index (χ1) is 32.9. The molecule has 1 heterocycles. The molecule has 16 heteroatoms. The highest BCUT2D eigenvalue weighted by Gasteiger charge is 2.36. The SMILES string of the molecule is CCCCc1ccc(-c2ccc(C(=O)N[C@@H](CCCCN)C(=O)N(C)[C@@H]3C(=O)N[C@@H](C)C(=O)N[C@H](C(=O)NCCCC#N)Cc4ccc(OCCN)c(c4)-c4cc3ccc4OCCN)cc2)cc1. The van der Waals surface area contributed by atoms with Crippen LogP contribution in [0, 0.1) is 11.3 Å². The third kappa shape index (κ3) is 14.4. The van der Waals surface area contributed by atoms with Gasteiger partial charge in [-0.25, -0.2) is 0 Å². The first kappa shape index (κ1) is 52.2. The van der Waals surface area contributed by atoms with Crippen LogP contribution in [0.5, 0.6) is 11.5 Å². The standard InChI is InChI=1S/C52H67N9O7/c1-4-5-10-35-12-15-37(16-13-35)38-17-19-39(20-18-38)49(63)59-43(11-6-7-24-53)52(66)61(3)47-40-21-23-46(68-30-27-56)42(33-40)41-31-36(14-22-45(41)67-29-26-55)32-44(50(64)57-28-9-8-25-54)60-48(62)34(2)58-51(47)65/h12-23,31,33-34,43-44,47H,4-11,24,26-30,32,53,55-56H2,1-3H3,(H,57,64)(H,58,65)(H,59,63)(H,60,62)/t34-,43-,44-,47-/m0/s1. The van der Waals surface area contributed by atoms with Gasteiger partial charge in [-0.2, -0.15) is 5.26 Å². The molecule has 68 heavy (non-hydrogen) atoms. The Balaban J connectivity index is 1.54. The Morgan fingerprint density at radius 1 is 0.809 bits per heavy atom. The molecule has 4 aromatic carbocycles. The van der Waals surface area contributed by atoms with Gasteiger partial charge in [0.1, 0.15) is 48.9 Å². The average molecular weight is 930 g/mol. The van der Waals surface area contributed by atoms with Crippen molar-refractivity contribution in [3.05, 3.63) is 107 Å². The van der Waals surface area contributed by atoms with E-state index >= 15 is 0 Å². The van der Waals surface area contributed by atoms with Crippen LogP contribution in [0.4, 0.5) is 0 Å². The summed E-state index contributed by atoms with van der Waals surface area (Å²) >= 11 is 0. The zero-order valence-corrected chi connectivity index (χ0v) is 39.5. The molecule has 1 aliphatic heterocycles. The molecule has 10 N–H and O–H groups in total. The number of nitrogens with zero attached hydrogens (tertiary/aromatic N) is 2. The number of fused-ring (bicyclic) bond motifs is 5. The average Bonchev–Trinajstić information content (AvgIpc) is 3.35. The number of nitrogens with two attached hydrogens (primary N) is 3. The van der Waals surface area contributed by atoms with Gasteiger partial charge in [0, 0.05) is 56.2 Å². The lowest BCUT2D eigenvalue weighted by Gasteiger charge is -2.33. The number of likely N-dealkylation sites (N-methyl/N-ethyl adjacent to an activating group) is 1. The predicted octanol–water partition coefficient (Wildman–Crippen LogP) is 4.43. The molecule has 362 valence electrons. The van der Waals surface area contributed by atoms with E-state index in [4.69, 9.17) is 31.9 Å². The third-order valence-corrected chi connectivity index (χ3v) is 11.8. The summed E-state index contributed by atoms with van der Waals surface area (Å²) < 4.78 is 12.3. The fourth-order valence-corrected chi connectivity index (χ4v) is 8.01. The smallest absolute Gasteiger partial charge is 0.251 e. The molecule has 0 fully saturated rings. The van der Waals surface area contributed by atoms with Gasteiger partial charge in [0.15, 0.2) is 0 Å². The molecule has 0 spiro atoms. The lowest BCUT2D eigenvalue weighted by molar-refractivity contribution is -0.141. The Hall–Kier alpha value is -6.80. The van der Waals surface area contributed by atoms with Crippen molar-refractivity contribution in [3.63, 3.8) is 0 Å². The lowest BCUT2D eigenvalue weighted by atomic mass is 9.93. The summed E-state index contributed by atoms with van der Waals surface area (Å²) in [6.45, 7) is 4.99. The molecule has 0 aliphatic carbocycles. The zero-order valence-electron chi connectivity index (χ0n) is 39.5. The third-order valence-electron chi connectivity index (χ3n) is 11.8. The van der Waals surface area contributed by atoms with E-state index in [9.17, 15) is 24.0 Å². The number of carbonyl (C=O) groups excluding carboxylic acids is 5. The van der Waals surface area contributed by atoms with Crippen LogP contribution in [0.25, 0.3) is 22.3 Å². The van der Waals surface area contributed by atoms with Crippen molar-refractivity contribution in [2.24, 2.45) is 17.2 Å². The normalized spacial score (nSPS) is 16.2. The first-order valence-electron chi connectivity index (χ1n) is 23.6. The molecular formula is C52H67N9O7. The van der Waals surface area contributed by atoms with E-state index in [1.54, 1.807) is 42.5 Å². The van der Waals surface area contributed by atoms with Crippen LogP contribution in [0.3, 0.4) is 0 Å². The predicted molar refractivity (Wildman–Crippen MR) is 262 cm³/mol. The van der Waals surface area contributed by atoms with Crippen molar-refractivity contribution in [1.82, 2.24) is 26.2 Å². The lowest BCUT2D eigenvalue weighted by Crippen LogP contribution is -2.56. The molecule has 0 aromatic heterocycles. The van der Waals surface area contributed by atoms with Crippen LogP contribution in [0.1, 0.15) is 91.9 Å². The number of ether oxygens (including phenoxy) is 2. The first-order valence-corrected chi connectivity index (χ1v) is 23.6. The summed E-state index contributed by atoms with van der Waals surface area (Å²) in [6, 6.07) is 23.4. The molecule has 5 amide bonds. The molecule has 1 aliphatic rings. The number of hydrogen-bond acceptors (Lipinski definition) is 11. The van der Waals surface area contributed by atoms with Crippen molar-refractivity contribution in [3.8, 4) is 39.8 Å². The summed E-state index contributed by atoms with van der Waals surface area (Å²) in [7, 11) is 1.48. The van der Waals surface area contributed by atoms with Crippen LogP contribution in [0.2, 0.25) is 0 Å². The second kappa shape index (κ2) is 26.5. The number of unbranched alkanes of at least 4 members (excludes halogenated alkanes) is 3. The Kier molecular flexibility index (Phi) is 20.3. The minimum atomic E-state index is -1.35. The topological polar surface area (TPSA) is 257 Å². The molecule has 0 saturated carbocycles. The fourth-order valence-electron chi connectivity index (χ4n) is 8.01. The van der Waals surface area contributed by atoms with E-state index in [0.717, 1.165) is 30.4 Å². The van der Waals surface area contributed by atoms with Gasteiger partial charge >= 0.3 is 0 Å². The van der Waals surface area contributed by atoms with Gasteiger partial charge in [-0.05, 0) is 116 Å². The van der Waals surface area contributed by atoms with Crippen molar-refractivity contribution in [1.29, 1.82) is 5.26 Å². The monoisotopic (exact) mass is 930 g/mol. The van der Waals surface area contributed by atoms with E-state index in [1.807, 2.05) is 18.2 Å². The second-order valence-electron chi connectivity index (χ2n) is 16.9. The van der Waals surface area contributed by atoms with Gasteiger partial charge in [0.2, 0.25) is 23.6 Å². The molecule has 16 nitrogen and oxygen atoms in total. The largest absolute Gasteiger partial charge is 0.492 e. The Labute approximate surface area is 399 Å². The molecule has 0 unspecified atom stereocenters. The molecule has 4 atom stereocenters. The molecular weight excluding hydrogens is 863 g/mol. The number of amides is 5. The highest BCUT2D eigenvalue weighted by molar-refractivity contribution is 5.99. The van der Waals surface area contributed by atoms with Crippen molar-refractivity contribution in [2.45, 2.75) is 95.8 Å². The van der Waals surface area contributed by atoms with Crippen molar-refractivity contribution >= 4 is 29.5 Å². The number of nitrogens with one attached hydrogen (secondary N) is 4. The number of hydrogen-bond donors (Lipinski definition) is 7. The van der Waals surface area contributed by atoms with Gasteiger partial charge in [-0.1, -0.05) is 61.9 Å². The zero-order chi connectivity index (χ0) is 49.0. The highest BCUT2D eigenvalue weighted by Crippen LogP contribution is 2.40. The van der Waals surface area contributed by atoms with Crippen molar-refractivity contribution in [2.75, 3.05) is 46.4 Å². The van der Waals surface area contributed by atoms with Crippen LogP contribution < -0.4 is 47.9 Å². The summed E-state index contributed by atoms with van der Waals surface area (Å²) in [5.41, 5.74) is 23.2. The summed E-state index contributed by atoms with van der Waals surface area (Å²) in [6.07, 6.45) is 5.31. The van der Waals surface area contributed by atoms with Crippen molar-refractivity contribution < 1.29 is 33.4 Å². The number of aryl methyl sites for hydroxylation is 1. The Bertz CT molecular complexity index is 2370. The number of rotatable bonds is 22. The molecule has 4 aromatic rings. The minimum Gasteiger partial charge on any atom is -0.492 e. The fraction of sp³-hybridized carbons (Fsp3) is 0.423.